The molecule has 0 fully saturated rings. The lowest BCUT2D eigenvalue weighted by Crippen LogP contribution is -2.19. The van der Waals surface area contributed by atoms with Gasteiger partial charge >= 0.3 is 0 Å². The highest BCUT2D eigenvalue weighted by Crippen LogP contribution is 2.26. The van der Waals surface area contributed by atoms with E-state index in [2.05, 4.69) is 15.3 Å². The van der Waals surface area contributed by atoms with Gasteiger partial charge in [-0.3, -0.25) is 9.59 Å². The quantitative estimate of drug-likeness (QED) is 0.868. The molecule has 2 aromatic heterocycles. The van der Waals surface area contributed by atoms with Crippen LogP contribution in [0.2, 0.25) is 0 Å². The molecule has 1 amide bonds. The summed E-state index contributed by atoms with van der Waals surface area (Å²) >= 11 is 1.25. The smallest absolute Gasteiger partial charge is 0.261 e. The van der Waals surface area contributed by atoms with Crippen molar-refractivity contribution in [1.82, 2.24) is 20.2 Å². The molecular weight excluding hydrogens is 264 g/mol. The van der Waals surface area contributed by atoms with Gasteiger partial charge in [-0.15, -0.1) is 11.3 Å². The average molecular weight is 280 g/mol. The number of aryl methyl sites for hydroxylation is 1. The molecule has 0 spiro atoms. The highest BCUT2D eigenvalue weighted by Gasteiger charge is 2.18. The number of hydrogen-bond donors (Lipinski definition) is 2. The molecule has 0 atom stereocenters. The van der Waals surface area contributed by atoms with E-state index in [1.807, 2.05) is 19.0 Å². The average Bonchev–Trinajstić information content (AvgIpc) is 2.65. The van der Waals surface area contributed by atoms with E-state index in [0.29, 0.717) is 33.0 Å². The molecule has 0 aliphatic heterocycles. The van der Waals surface area contributed by atoms with Crippen LogP contribution in [-0.2, 0) is 6.54 Å². The van der Waals surface area contributed by atoms with Crippen molar-refractivity contribution in [2.45, 2.75) is 13.5 Å². The lowest BCUT2D eigenvalue weighted by atomic mass is 10.2. The van der Waals surface area contributed by atoms with E-state index in [1.165, 1.54) is 11.3 Å². The fourth-order valence-corrected chi connectivity index (χ4v) is 3.04. The van der Waals surface area contributed by atoms with Crippen LogP contribution in [0.1, 0.15) is 21.1 Å². The largest absolute Gasteiger partial charge is 0.354 e. The fourth-order valence-electron chi connectivity index (χ4n) is 1.89. The van der Waals surface area contributed by atoms with Crippen molar-refractivity contribution in [3.63, 3.8) is 0 Å². The molecule has 0 saturated carbocycles. The molecule has 2 rings (SSSR count). The molecule has 2 N–H and O–H groups in total. The minimum atomic E-state index is -0.189. The van der Waals surface area contributed by atoms with E-state index >= 15 is 0 Å². The maximum atomic E-state index is 12.1. The molecule has 102 valence electrons. The summed E-state index contributed by atoms with van der Waals surface area (Å²) in [4.78, 5) is 34.1. The first-order chi connectivity index (χ1) is 8.93. The second-order valence-corrected chi connectivity index (χ2v) is 5.56. The summed E-state index contributed by atoms with van der Waals surface area (Å²) in [6, 6.07) is 0. The molecule has 2 heterocycles. The minimum Gasteiger partial charge on any atom is -0.354 e. The van der Waals surface area contributed by atoms with Gasteiger partial charge in [0.25, 0.3) is 11.5 Å². The minimum absolute atomic E-state index is 0.186. The van der Waals surface area contributed by atoms with Gasteiger partial charge in [0.05, 0.1) is 16.8 Å². The van der Waals surface area contributed by atoms with Gasteiger partial charge in [-0.25, -0.2) is 4.98 Å². The number of rotatable bonds is 3. The Labute approximate surface area is 114 Å². The molecule has 7 heteroatoms. The van der Waals surface area contributed by atoms with Crippen LogP contribution in [0.3, 0.4) is 0 Å². The van der Waals surface area contributed by atoms with Crippen molar-refractivity contribution in [2.24, 2.45) is 0 Å². The van der Waals surface area contributed by atoms with Crippen LogP contribution in [0.5, 0.6) is 0 Å². The zero-order chi connectivity index (χ0) is 14.2. The Balaban J connectivity index is 2.63. The third-order valence-corrected chi connectivity index (χ3v) is 3.93. The Bertz CT molecular complexity index is 687. The number of aromatic nitrogens is 2. The van der Waals surface area contributed by atoms with Crippen molar-refractivity contribution in [3.05, 3.63) is 26.6 Å². The van der Waals surface area contributed by atoms with E-state index in [1.54, 1.807) is 14.0 Å². The third kappa shape index (κ3) is 2.52. The Kier molecular flexibility index (Phi) is 3.68. The summed E-state index contributed by atoms with van der Waals surface area (Å²) in [5.41, 5.74) is 0.496. The predicted molar refractivity (Wildman–Crippen MR) is 75.8 cm³/mol. The molecule has 6 nitrogen and oxygen atoms in total. The van der Waals surface area contributed by atoms with Crippen molar-refractivity contribution in [2.75, 3.05) is 21.1 Å². The highest BCUT2D eigenvalue weighted by molar-refractivity contribution is 7.20. The van der Waals surface area contributed by atoms with Crippen molar-refractivity contribution in [1.29, 1.82) is 0 Å². The Morgan fingerprint density at radius 2 is 2.16 bits per heavy atom. The summed E-state index contributed by atoms with van der Waals surface area (Å²) in [6.07, 6.45) is 0. The van der Waals surface area contributed by atoms with Gasteiger partial charge in [-0.05, 0) is 26.6 Å². The SMILES string of the molecule is CNC(=O)c1sc2nc(CN(C)C)[nH]c(=O)c2c1C. The Morgan fingerprint density at radius 3 is 2.74 bits per heavy atom. The van der Waals surface area contributed by atoms with E-state index in [0.717, 1.165) is 0 Å². The molecule has 0 radical (unpaired) electrons. The summed E-state index contributed by atoms with van der Waals surface area (Å²) in [5.74, 6) is 0.418. The normalized spacial score (nSPS) is 11.2. The standard InChI is InChI=1S/C12H16N4O2S/c1-6-8-10(17)14-7(5-16(3)4)15-12(8)19-9(6)11(18)13-2/h5H2,1-4H3,(H,13,18)(H,14,15,17). The van der Waals surface area contributed by atoms with Gasteiger partial charge < -0.3 is 15.2 Å². The number of carbonyl (C=O) groups excluding carboxylic acids is 1. The van der Waals surface area contributed by atoms with Crippen molar-refractivity contribution in [3.8, 4) is 0 Å². The van der Waals surface area contributed by atoms with Crippen molar-refractivity contribution < 1.29 is 4.79 Å². The zero-order valence-corrected chi connectivity index (χ0v) is 12.1. The van der Waals surface area contributed by atoms with Crippen LogP contribution in [-0.4, -0.2) is 41.9 Å². The highest BCUT2D eigenvalue weighted by atomic mass is 32.1. The number of nitrogens with one attached hydrogen (secondary N) is 2. The molecule has 0 aliphatic rings. The zero-order valence-electron chi connectivity index (χ0n) is 11.3. The molecule has 0 bridgehead atoms. The summed E-state index contributed by atoms with van der Waals surface area (Å²) in [5, 5.41) is 3.08. The number of amides is 1. The van der Waals surface area contributed by atoms with Crippen LogP contribution < -0.4 is 10.9 Å². The van der Waals surface area contributed by atoms with Crippen molar-refractivity contribution >= 4 is 27.5 Å². The second-order valence-electron chi connectivity index (χ2n) is 4.57. The monoisotopic (exact) mass is 280 g/mol. The lowest BCUT2D eigenvalue weighted by molar-refractivity contribution is 0.0966. The second kappa shape index (κ2) is 5.10. The third-order valence-electron chi connectivity index (χ3n) is 2.75. The Morgan fingerprint density at radius 1 is 1.47 bits per heavy atom. The number of nitrogens with zero attached hydrogens (tertiary/aromatic N) is 2. The predicted octanol–water partition coefficient (Wildman–Crippen LogP) is 0.714. The lowest BCUT2D eigenvalue weighted by Gasteiger charge is -2.07. The first kappa shape index (κ1) is 13.7. The number of thiophene rings is 1. The Hall–Kier alpha value is -1.73. The number of H-pyrrole nitrogens is 1. The fraction of sp³-hybridized carbons (Fsp3) is 0.417. The van der Waals surface area contributed by atoms with Gasteiger partial charge in [0.1, 0.15) is 10.7 Å². The van der Waals surface area contributed by atoms with Gasteiger partial charge in [0.15, 0.2) is 0 Å². The van der Waals surface area contributed by atoms with Crippen LogP contribution in [0.25, 0.3) is 10.2 Å². The number of aromatic amines is 1. The van der Waals surface area contributed by atoms with Gasteiger partial charge in [0.2, 0.25) is 0 Å². The first-order valence-corrected chi connectivity index (χ1v) is 6.64. The maximum absolute atomic E-state index is 12.1. The molecule has 0 aliphatic carbocycles. The number of carbonyl (C=O) groups is 1. The van der Waals surface area contributed by atoms with Crippen LogP contribution in [0, 0.1) is 6.92 Å². The molecule has 0 aromatic carbocycles. The maximum Gasteiger partial charge on any atom is 0.261 e. The summed E-state index contributed by atoms with van der Waals surface area (Å²) in [6.45, 7) is 2.32. The summed E-state index contributed by atoms with van der Waals surface area (Å²) in [7, 11) is 5.38. The molecule has 0 unspecified atom stereocenters. The van der Waals surface area contributed by atoms with Gasteiger partial charge in [-0.1, -0.05) is 0 Å². The topological polar surface area (TPSA) is 78.1 Å². The van der Waals surface area contributed by atoms with Crippen LogP contribution >= 0.6 is 11.3 Å². The summed E-state index contributed by atoms with van der Waals surface area (Å²) < 4.78 is 0. The van der Waals surface area contributed by atoms with Gasteiger partial charge in [-0.2, -0.15) is 0 Å². The molecular formula is C12H16N4O2S. The van der Waals surface area contributed by atoms with E-state index < -0.39 is 0 Å². The number of fused-ring (bicyclic) bond motifs is 1. The van der Waals surface area contributed by atoms with Crippen LogP contribution in [0.15, 0.2) is 4.79 Å². The van der Waals surface area contributed by atoms with Crippen LogP contribution in [0.4, 0.5) is 0 Å². The molecule has 2 aromatic rings. The van der Waals surface area contributed by atoms with E-state index in [4.69, 9.17) is 0 Å². The molecule has 19 heavy (non-hydrogen) atoms. The molecule has 0 saturated heterocycles. The van der Waals surface area contributed by atoms with E-state index in [-0.39, 0.29) is 11.5 Å². The van der Waals surface area contributed by atoms with E-state index in [9.17, 15) is 9.59 Å². The number of hydrogen-bond acceptors (Lipinski definition) is 5. The van der Waals surface area contributed by atoms with Gasteiger partial charge in [0, 0.05) is 7.05 Å². The first-order valence-electron chi connectivity index (χ1n) is 5.83.